The van der Waals surface area contributed by atoms with Gasteiger partial charge in [0.05, 0.1) is 34.5 Å². The summed E-state index contributed by atoms with van der Waals surface area (Å²) in [6.07, 6.45) is 0.0512. The van der Waals surface area contributed by atoms with Gasteiger partial charge in [-0.25, -0.2) is 9.80 Å². The zero-order valence-electron chi connectivity index (χ0n) is 23.4. The molecule has 7 rings (SSSR count). The molecule has 214 valence electrons. The Bertz CT molecular complexity index is 1840. The Balaban J connectivity index is 1.50. The molecular formula is C35H26Cl2N2O4. The van der Waals surface area contributed by atoms with Crippen molar-refractivity contribution < 1.29 is 19.2 Å². The van der Waals surface area contributed by atoms with Crippen LogP contribution in [0.3, 0.4) is 0 Å². The van der Waals surface area contributed by atoms with Crippen LogP contribution >= 0.6 is 23.2 Å². The number of rotatable bonds is 4. The van der Waals surface area contributed by atoms with Gasteiger partial charge >= 0.3 is 0 Å². The monoisotopic (exact) mass is 608 g/mol. The molecule has 0 N–H and O–H groups in total. The topological polar surface area (TPSA) is 74.8 Å². The van der Waals surface area contributed by atoms with Crippen LogP contribution in [0.25, 0.3) is 0 Å². The summed E-state index contributed by atoms with van der Waals surface area (Å²) in [5.41, 5.74) is 2.97. The quantitative estimate of drug-likeness (QED) is 0.239. The maximum Gasteiger partial charge on any atom is 0.242 e. The number of hydrogen-bond acceptors (Lipinski definition) is 4. The maximum atomic E-state index is 15.0. The summed E-state index contributed by atoms with van der Waals surface area (Å²) >= 11 is 12.7. The van der Waals surface area contributed by atoms with Crippen molar-refractivity contribution in [3.8, 4) is 0 Å². The van der Waals surface area contributed by atoms with Crippen molar-refractivity contribution in [3.63, 3.8) is 0 Å². The van der Waals surface area contributed by atoms with Crippen LogP contribution in [0, 0.1) is 25.2 Å². The van der Waals surface area contributed by atoms with Gasteiger partial charge in [-0.1, -0.05) is 76.8 Å². The van der Waals surface area contributed by atoms with Gasteiger partial charge in [-0.05, 0) is 85.5 Å². The van der Waals surface area contributed by atoms with Crippen molar-refractivity contribution in [2.24, 2.45) is 11.3 Å². The summed E-state index contributed by atoms with van der Waals surface area (Å²) in [5.74, 6) is -5.01. The van der Waals surface area contributed by atoms with E-state index in [1.165, 1.54) is 9.80 Å². The Morgan fingerprint density at radius 2 is 1.19 bits per heavy atom. The van der Waals surface area contributed by atoms with E-state index in [0.29, 0.717) is 32.5 Å². The van der Waals surface area contributed by atoms with Crippen LogP contribution in [0.2, 0.25) is 10.0 Å². The van der Waals surface area contributed by atoms with Crippen molar-refractivity contribution in [2.45, 2.75) is 32.1 Å². The number of aryl methyl sites for hydroxylation is 2. The first kappa shape index (κ1) is 27.6. The Hall–Kier alpha value is -4.26. The van der Waals surface area contributed by atoms with E-state index < -0.39 is 46.8 Å². The summed E-state index contributed by atoms with van der Waals surface area (Å²) < 4.78 is 0. The van der Waals surface area contributed by atoms with Gasteiger partial charge in [0, 0.05) is 10.0 Å². The fraction of sp³-hybridized carbons (Fsp3) is 0.200. The van der Waals surface area contributed by atoms with Crippen molar-refractivity contribution >= 4 is 58.2 Å². The second-order valence-electron chi connectivity index (χ2n) is 11.7. The minimum atomic E-state index is -1.59. The smallest absolute Gasteiger partial charge is 0.242 e. The van der Waals surface area contributed by atoms with Crippen LogP contribution < -0.4 is 9.80 Å². The zero-order chi connectivity index (χ0) is 30.2. The predicted octanol–water partition coefficient (Wildman–Crippen LogP) is 6.78. The molecule has 4 aromatic carbocycles. The first-order valence-electron chi connectivity index (χ1n) is 14.0. The standard InChI is InChI=1S/C35H26Cl2N2O4/c1-19-3-12-24(13-4-19)38-31(40)28-26-16-11-23(37)17-27(26)29-32(41)39(25-14-5-20(2)6-15-25)34(43)35(29,30(28)33(38)42)18-21-7-9-22(36)10-8-21/h3-17,28-30H,18H2,1-2H3/t28-,29-,30+,35+/m1/s1. The van der Waals surface area contributed by atoms with Crippen LogP contribution in [0.15, 0.2) is 91.0 Å². The van der Waals surface area contributed by atoms with E-state index in [1.54, 1.807) is 66.7 Å². The molecular weight excluding hydrogens is 583 g/mol. The fourth-order valence-corrected chi connectivity index (χ4v) is 7.51. The van der Waals surface area contributed by atoms with Crippen LogP contribution in [-0.2, 0) is 25.6 Å². The van der Waals surface area contributed by atoms with Gasteiger partial charge in [-0.2, -0.15) is 0 Å². The average Bonchev–Trinajstić information content (AvgIpc) is 3.38. The number of hydrogen-bond donors (Lipinski definition) is 0. The van der Waals surface area contributed by atoms with Crippen LogP contribution in [0.1, 0.15) is 39.7 Å². The third kappa shape index (κ3) is 4.00. The van der Waals surface area contributed by atoms with Gasteiger partial charge < -0.3 is 0 Å². The molecule has 1 aliphatic carbocycles. The van der Waals surface area contributed by atoms with E-state index in [0.717, 1.165) is 16.7 Å². The van der Waals surface area contributed by atoms with Gasteiger partial charge in [0.1, 0.15) is 0 Å². The van der Waals surface area contributed by atoms with Crippen LogP contribution in [-0.4, -0.2) is 23.6 Å². The number of nitrogens with zero attached hydrogens (tertiary/aromatic N) is 2. The molecule has 0 unspecified atom stereocenters. The number of carbonyl (C=O) groups is 4. The lowest BCUT2D eigenvalue weighted by Crippen LogP contribution is -2.51. The van der Waals surface area contributed by atoms with Crippen molar-refractivity contribution in [1.29, 1.82) is 0 Å². The molecule has 0 aromatic heterocycles. The van der Waals surface area contributed by atoms with Gasteiger partial charge in [0.15, 0.2) is 0 Å². The summed E-state index contributed by atoms with van der Waals surface area (Å²) in [6, 6.07) is 26.3. The molecule has 2 aliphatic heterocycles. The highest BCUT2D eigenvalue weighted by atomic mass is 35.5. The molecule has 43 heavy (non-hydrogen) atoms. The summed E-state index contributed by atoms with van der Waals surface area (Å²) in [6.45, 7) is 3.84. The number of imide groups is 2. The molecule has 2 fully saturated rings. The van der Waals surface area contributed by atoms with E-state index in [2.05, 4.69) is 0 Å². The van der Waals surface area contributed by atoms with Gasteiger partial charge in [0.25, 0.3) is 0 Å². The van der Waals surface area contributed by atoms with Crippen LogP contribution in [0.4, 0.5) is 11.4 Å². The van der Waals surface area contributed by atoms with E-state index in [9.17, 15) is 19.2 Å². The molecule has 3 aliphatic rings. The minimum Gasteiger partial charge on any atom is -0.274 e. The zero-order valence-corrected chi connectivity index (χ0v) is 24.9. The maximum absolute atomic E-state index is 15.0. The first-order chi connectivity index (χ1) is 20.6. The Morgan fingerprint density at radius 1 is 0.628 bits per heavy atom. The highest BCUT2D eigenvalue weighted by Crippen LogP contribution is 2.63. The molecule has 4 amide bonds. The second-order valence-corrected chi connectivity index (χ2v) is 12.5. The third-order valence-corrected chi connectivity index (χ3v) is 9.62. The normalized spacial score (nSPS) is 24.3. The SMILES string of the molecule is Cc1ccc(N2C(=O)[C@@H]3c4ccc(Cl)cc4[C@@H]4C(=O)N(c5ccc(C)cc5)C(=O)[C@]4(Cc4ccc(Cl)cc4)[C@@H]3C2=O)cc1. The predicted molar refractivity (Wildman–Crippen MR) is 165 cm³/mol. The molecule has 4 aromatic rings. The van der Waals surface area contributed by atoms with Gasteiger partial charge in [0.2, 0.25) is 23.6 Å². The molecule has 0 radical (unpaired) electrons. The molecule has 0 spiro atoms. The summed E-state index contributed by atoms with van der Waals surface area (Å²) in [4.78, 5) is 60.9. The van der Waals surface area contributed by atoms with Crippen LogP contribution in [0.5, 0.6) is 0 Å². The molecule has 2 heterocycles. The lowest BCUT2D eigenvalue weighted by atomic mass is 9.54. The van der Waals surface area contributed by atoms with Crippen molar-refractivity contribution in [2.75, 3.05) is 9.80 Å². The highest BCUT2D eigenvalue weighted by Gasteiger charge is 2.73. The number of carbonyl (C=O) groups excluding carboxylic acids is 4. The summed E-state index contributed by atoms with van der Waals surface area (Å²) in [5, 5.41) is 0.892. The Labute approximate surface area is 258 Å². The molecule has 0 saturated carbocycles. The van der Waals surface area contributed by atoms with Crippen molar-refractivity contribution in [3.05, 3.63) is 129 Å². The third-order valence-electron chi connectivity index (χ3n) is 9.13. The Morgan fingerprint density at radius 3 is 1.79 bits per heavy atom. The molecule has 2 saturated heterocycles. The van der Waals surface area contributed by atoms with Crippen molar-refractivity contribution in [1.82, 2.24) is 0 Å². The number of benzene rings is 4. The number of amides is 4. The van der Waals surface area contributed by atoms with Gasteiger partial charge in [-0.3, -0.25) is 19.2 Å². The highest BCUT2D eigenvalue weighted by molar-refractivity contribution is 6.33. The van der Waals surface area contributed by atoms with Gasteiger partial charge in [-0.15, -0.1) is 0 Å². The molecule has 0 bridgehead atoms. The number of fused-ring (bicyclic) bond motifs is 6. The average molecular weight is 610 g/mol. The molecule has 6 nitrogen and oxygen atoms in total. The lowest BCUT2D eigenvalue weighted by molar-refractivity contribution is -0.138. The molecule has 8 heteroatoms. The fourth-order valence-electron chi connectivity index (χ4n) is 7.20. The largest absolute Gasteiger partial charge is 0.274 e. The van der Waals surface area contributed by atoms with E-state index in [1.807, 2.05) is 38.1 Å². The van der Waals surface area contributed by atoms with E-state index >= 15 is 0 Å². The van der Waals surface area contributed by atoms with E-state index in [4.69, 9.17) is 23.2 Å². The first-order valence-corrected chi connectivity index (χ1v) is 14.8. The Kier molecular flexibility index (Phi) is 6.35. The number of halogens is 2. The summed E-state index contributed by atoms with van der Waals surface area (Å²) in [7, 11) is 0. The minimum absolute atomic E-state index is 0.0512. The van der Waals surface area contributed by atoms with E-state index in [-0.39, 0.29) is 6.42 Å². The second kappa shape index (κ2) is 9.90. The lowest BCUT2D eigenvalue weighted by Gasteiger charge is -2.43. The molecule has 4 atom stereocenters. The number of anilines is 2.